The Hall–Kier alpha value is -2.30. The highest BCUT2D eigenvalue weighted by Gasteiger charge is 2.22. The Balaban J connectivity index is 1.67. The summed E-state index contributed by atoms with van der Waals surface area (Å²) in [6, 6.07) is 9.84. The average Bonchev–Trinajstić information content (AvgIpc) is 2.97. The van der Waals surface area contributed by atoms with Crippen molar-refractivity contribution >= 4 is 22.7 Å². The van der Waals surface area contributed by atoms with Crippen molar-refractivity contribution in [3.63, 3.8) is 0 Å². The molecule has 2 heterocycles. The van der Waals surface area contributed by atoms with Crippen LogP contribution in [0.4, 0.5) is 0 Å². The molecule has 0 bridgehead atoms. The molecule has 2 aromatic rings. The minimum absolute atomic E-state index is 0.00304. The Morgan fingerprint density at radius 1 is 1.37 bits per heavy atom. The molecule has 98 valence electrons. The highest BCUT2D eigenvalue weighted by Crippen LogP contribution is 2.14. The van der Waals surface area contributed by atoms with Crippen molar-refractivity contribution in [2.24, 2.45) is 0 Å². The van der Waals surface area contributed by atoms with Gasteiger partial charge < -0.3 is 15.2 Å². The Morgan fingerprint density at radius 2 is 2.21 bits per heavy atom. The van der Waals surface area contributed by atoms with Gasteiger partial charge in [0.15, 0.2) is 0 Å². The third-order valence-electron chi connectivity index (χ3n) is 3.34. The molecule has 1 fully saturated rings. The fourth-order valence-electron chi connectivity index (χ4n) is 2.41. The van der Waals surface area contributed by atoms with Gasteiger partial charge in [0.1, 0.15) is 6.54 Å². The lowest BCUT2D eigenvalue weighted by Crippen LogP contribution is -2.38. The van der Waals surface area contributed by atoms with Gasteiger partial charge >= 0.3 is 0 Å². The third kappa shape index (κ3) is 2.45. The number of hydrogen-bond acceptors (Lipinski definition) is 2. The van der Waals surface area contributed by atoms with Gasteiger partial charge in [-0.1, -0.05) is 18.2 Å². The Labute approximate surface area is 110 Å². The molecule has 5 heteroatoms. The maximum atomic E-state index is 11.9. The first-order valence-electron chi connectivity index (χ1n) is 6.32. The van der Waals surface area contributed by atoms with Crippen LogP contribution >= 0.6 is 0 Å². The summed E-state index contributed by atoms with van der Waals surface area (Å²) in [4.78, 5) is 23.0. The molecule has 1 saturated heterocycles. The van der Waals surface area contributed by atoms with Gasteiger partial charge in [-0.2, -0.15) is 0 Å². The maximum absolute atomic E-state index is 11.9. The summed E-state index contributed by atoms with van der Waals surface area (Å²) in [7, 11) is 0. The predicted octanol–water partition coefficient (Wildman–Crippen LogP) is 0.646. The van der Waals surface area contributed by atoms with Gasteiger partial charge in [-0.05, 0) is 17.5 Å². The summed E-state index contributed by atoms with van der Waals surface area (Å²) < 4.78 is 1.91. The number of aromatic nitrogens is 1. The Kier molecular flexibility index (Phi) is 2.95. The van der Waals surface area contributed by atoms with Crippen LogP contribution in [0.1, 0.15) is 6.42 Å². The lowest BCUT2D eigenvalue weighted by atomic mass is 10.2. The molecule has 2 amide bonds. The van der Waals surface area contributed by atoms with E-state index in [4.69, 9.17) is 0 Å². The van der Waals surface area contributed by atoms with Crippen LogP contribution in [0.3, 0.4) is 0 Å². The van der Waals surface area contributed by atoms with Gasteiger partial charge in [0, 0.05) is 24.7 Å². The number of amides is 2. The van der Waals surface area contributed by atoms with Crippen molar-refractivity contribution in [3.8, 4) is 0 Å². The van der Waals surface area contributed by atoms with Crippen LogP contribution in [0.5, 0.6) is 0 Å². The second kappa shape index (κ2) is 4.76. The lowest BCUT2D eigenvalue weighted by Gasteiger charge is -2.11. The SMILES string of the molecule is O=C1CC(NC(=O)Cn2ccc3ccccc32)CN1. The van der Waals surface area contributed by atoms with Crippen LogP contribution in [0.2, 0.25) is 0 Å². The first-order valence-corrected chi connectivity index (χ1v) is 6.32. The largest absolute Gasteiger partial charge is 0.354 e. The molecule has 2 N–H and O–H groups in total. The average molecular weight is 257 g/mol. The van der Waals surface area contributed by atoms with E-state index in [9.17, 15) is 9.59 Å². The summed E-state index contributed by atoms with van der Waals surface area (Å²) in [6.07, 6.45) is 2.28. The van der Waals surface area contributed by atoms with Gasteiger partial charge in [0.25, 0.3) is 0 Å². The van der Waals surface area contributed by atoms with Crippen molar-refractivity contribution in [1.82, 2.24) is 15.2 Å². The van der Waals surface area contributed by atoms with Crippen molar-refractivity contribution in [1.29, 1.82) is 0 Å². The lowest BCUT2D eigenvalue weighted by molar-refractivity contribution is -0.122. The first-order chi connectivity index (χ1) is 9.22. The molecule has 0 aliphatic carbocycles. The van der Waals surface area contributed by atoms with E-state index in [-0.39, 0.29) is 24.4 Å². The number of para-hydroxylation sites is 1. The number of nitrogens with one attached hydrogen (secondary N) is 2. The normalized spacial score (nSPS) is 18.5. The van der Waals surface area contributed by atoms with Crippen LogP contribution in [0.15, 0.2) is 36.5 Å². The number of benzene rings is 1. The molecular formula is C14H15N3O2. The number of nitrogens with zero attached hydrogens (tertiary/aromatic N) is 1. The molecule has 1 aromatic heterocycles. The van der Waals surface area contributed by atoms with Crippen molar-refractivity contribution in [2.75, 3.05) is 6.54 Å². The van der Waals surface area contributed by atoms with Crippen molar-refractivity contribution < 1.29 is 9.59 Å². The highest BCUT2D eigenvalue weighted by atomic mass is 16.2. The molecule has 0 saturated carbocycles. The van der Waals surface area contributed by atoms with E-state index in [2.05, 4.69) is 10.6 Å². The summed E-state index contributed by atoms with van der Waals surface area (Å²) in [5.74, 6) is -0.0698. The molecule has 0 radical (unpaired) electrons. The molecule has 1 aliphatic rings. The molecule has 1 aromatic carbocycles. The second-order valence-corrected chi connectivity index (χ2v) is 4.78. The molecule has 1 aliphatic heterocycles. The minimum Gasteiger partial charge on any atom is -0.354 e. The molecule has 1 unspecified atom stereocenters. The molecule has 0 spiro atoms. The van der Waals surface area contributed by atoms with Gasteiger partial charge in [0.2, 0.25) is 11.8 Å². The summed E-state index contributed by atoms with van der Waals surface area (Å²) in [5.41, 5.74) is 1.04. The first kappa shape index (κ1) is 11.8. The van der Waals surface area contributed by atoms with E-state index >= 15 is 0 Å². The van der Waals surface area contributed by atoms with Crippen LogP contribution < -0.4 is 10.6 Å². The molecule has 5 nitrogen and oxygen atoms in total. The van der Waals surface area contributed by atoms with Crippen molar-refractivity contribution in [2.45, 2.75) is 19.0 Å². The van der Waals surface area contributed by atoms with E-state index in [1.54, 1.807) is 0 Å². The molecule has 19 heavy (non-hydrogen) atoms. The zero-order chi connectivity index (χ0) is 13.2. The number of rotatable bonds is 3. The summed E-state index contributed by atoms with van der Waals surface area (Å²) >= 11 is 0. The smallest absolute Gasteiger partial charge is 0.240 e. The fourth-order valence-corrected chi connectivity index (χ4v) is 2.41. The fraction of sp³-hybridized carbons (Fsp3) is 0.286. The standard InChI is InChI=1S/C14H15N3O2/c18-13-7-11(8-15-13)16-14(19)9-17-6-5-10-3-1-2-4-12(10)17/h1-6,11H,7-9H2,(H,15,18)(H,16,19). The Bertz CT molecular complexity index is 632. The van der Waals surface area contributed by atoms with Crippen LogP contribution in [-0.2, 0) is 16.1 Å². The van der Waals surface area contributed by atoms with Crippen molar-refractivity contribution in [3.05, 3.63) is 36.5 Å². The monoisotopic (exact) mass is 257 g/mol. The second-order valence-electron chi connectivity index (χ2n) is 4.78. The van der Waals surface area contributed by atoms with Crippen LogP contribution in [0.25, 0.3) is 10.9 Å². The summed E-state index contributed by atoms with van der Waals surface area (Å²) in [6.45, 7) is 0.801. The van der Waals surface area contributed by atoms with Gasteiger partial charge in [-0.15, -0.1) is 0 Å². The minimum atomic E-state index is -0.0816. The zero-order valence-electron chi connectivity index (χ0n) is 10.4. The maximum Gasteiger partial charge on any atom is 0.240 e. The third-order valence-corrected chi connectivity index (χ3v) is 3.34. The van der Waals surface area contributed by atoms with E-state index in [0.717, 1.165) is 10.9 Å². The molecule has 3 rings (SSSR count). The van der Waals surface area contributed by atoms with E-state index in [1.807, 2.05) is 41.1 Å². The van der Waals surface area contributed by atoms with Gasteiger partial charge in [-0.3, -0.25) is 9.59 Å². The van der Waals surface area contributed by atoms with Gasteiger partial charge in [-0.25, -0.2) is 0 Å². The zero-order valence-corrected chi connectivity index (χ0v) is 10.4. The molecule has 1 atom stereocenters. The number of carbonyl (C=O) groups is 2. The van der Waals surface area contributed by atoms with E-state index < -0.39 is 0 Å². The van der Waals surface area contributed by atoms with Crippen LogP contribution in [-0.4, -0.2) is 29.0 Å². The van der Waals surface area contributed by atoms with Crippen LogP contribution in [0, 0.1) is 0 Å². The summed E-state index contributed by atoms with van der Waals surface area (Å²) in [5, 5.41) is 6.69. The quantitative estimate of drug-likeness (QED) is 0.848. The van der Waals surface area contributed by atoms with E-state index in [0.29, 0.717) is 13.0 Å². The highest BCUT2D eigenvalue weighted by molar-refractivity contribution is 5.84. The number of fused-ring (bicyclic) bond motifs is 1. The van der Waals surface area contributed by atoms with E-state index in [1.165, 1.54) is 0 Å². The topological polar surface area (TPSA) is 63.1 Å². The van der Waals surface area contributed by atoms with Gasteiger partial charge in [0.05, 0.1) is 6.04 Å². The molecular weight excluding hydrogens is 242 g/mol. The Morgan fingerprint density at radius 3 is 3.00 bits per heavy atom. The number of carbonyl (C=O) groups excluding carboxylic acids is 2. The predicted molar refractivity (Wildman–Crippen MR) is 71.5 cm³/mol. The number of hydrogen-bond donors (Lipinski definition) is 2.